The van der Waals surface area contributed by atoms with Crippen LogP contribution in [-0.2, 0) is 6.61 Å². The van der Waals surface area contributed by atoms with Crippen molar-refractivity contribution in [1.29, 1.82) is 5.26 Å². The molecule has 5 nitrogen and oxygen atoms in total. The van der Waals surface area contributed by atoms with Gasteiger partial charge in [-0.05, 0) is 37.6 Å². The van der Waals surface area contributed by atoms with Gasteiger partial charge in [-0.2, -0.15) is 5.26 Å². The zero-order chi connectivity index (χ0) is 20.1. The second kappa shape index (κ2) is 8.77. The van der Waals surface area contributed by atoms with E-state index in [0.29, 0.717) is 46.0 Å². The molecule has 1 N–H and O–H groups in total. The van der Waals surface area contributed by atoms with Crippen molar-refractivity contribution >= 4 is 15.9 Å². The molecule has 0 spiro atoms. The van der Waals surface area contributed by atoms with Crippen LogP contribution < -0.4 is 15.0 Å². The van der Waals surface area contributed by atoms with Crippen molar-refractivity contribution in [3.63, 3.8) is 0 Å². The molecule has 0 aliphatic heterocycles. The van der Waals surface area contributed by atoms with E-state index >= 15 is 0 Å². The maximum absolute atomic E-state index is 12.2. The molecule has 0 saturated heterocycles. The van der Waals surface area contributed by atoms with E-state index in [9.17, 15) is 10.1 Å². The Hall–Kier alpha value is -3.04. The number of halogens is 1. The number of hydrogen-bond acceptors (Lipinski definition) is 4. The summed E-state index contributed by atoms with van der Waals surface area (Å²) in [6, 6.07) is 17.2. The minimum absolute atomic E-state index is 0.0618. The number of nitrogens with zero attached hydrogens (tertiary/aromatic N) is 1. The van der Waals surface area contributed by atoms with Gasteiger partial charge in [-0.1, -0.05) is 46.3 Å². The number of aromatic amines is 1. The van der Waals surface area contributed by atoms with E-state index < -0.39 is 5.56 Å². The van der Waals surface area contributed by atoms with E-state index in [2.05, 4.69) is 20.9 Å². The molecule has 142 valence electrons. The van der Waals surface area contributed by atoms with Crippen LogP contribution >= 0.6 is 15.9 Å². The summed E-state index contributed by atoms with van der Waals surface area (Å²) in [4.78, 5) is 14.8. The molecular formula is C22H19BrN2O3. The van der Waals surface area contributed by atoms with Crippen LogP contribution in [-0.4, -0.2) is 11.6 Å². The topological polar surface area (TPSA) is 75.1 Å². The maximum Gasteiger partial charge on any atom is 0.266 e. The average molecular weight is 439 g/mol. The number of nitriles is 1. The molecule has 2 aromatic carbocycles. The second-order valence-electron chi connectivity index (χ2n) is 6.17. The van der Waals surface area contributed by atoms with Gasteiger partial charge in [0.2, 0.25) is 0 Å². The largest absolute Gasteiger partial charge is 0.490 e. The number of H-pyrrole nitrogens is 1. The molecule has 0 unspecified atom stereocenters. The van der Waals surface area contributed by atoms with E-state index in [-0.39, 0.29) is 5.56 Å². The van der Waals surface area contributed by atoms with Crippen molar-refractivity contribution in [2.75, 3.05) is 6.61 Å². The predicted molar refractivity (Wildman–Crippen MR) is 112 cm³/mol. The molecule has 3 aromatic rings. The lowest BCUT2D eigenvalue weighted by molar-refractivity contribution is 0.269. The molecule has 0 amide bonds. The smallest absolute Gasteiger partial charge is 0.266 e. The van der Waals surface area contributed by atoms with Gasteiger partial charge in [-0.25, -0.2) is 0 Å². The lowest BCUT2D eigenvalue weighted by Gasteiger charge is -2.16. The van der Waals surface area contributed by atoms with E-state index in [4.69, 9.17) is 9.47 Å². The monoisotopic (exact) mass is 438 g/mol. The first-order valence-electron chi connectivity index (χ1n) is 8.81. The molecule has 1 aromatic heterocycles. The molecule has 1 heterocycles. The van der Waals surface area contributed by atoms with Gasteiger partial charge in [-0.3, -0.25) is 4.79 Å². The van der Waals surface area contributed by atoms with E-state index in [1.807, 2.05) is 43.3 Å². The minimum Gasteiger partial charge on any atom is -0.490 e. The van der Waals surface area contributed by atoms with Crippen LogP contribution in [0.1, 0.15) is 23.7 Å². The Morgan fingerprint density at radius 3 is 2.46 bits per heavy atom. The van der Waals surface area contributed by atoms with E-state index in [1.54, 1.807) is 25.1 Å². The fourth-order valence-electron chi connectivity index (χ4n) is 2.87. The van der Waals surface area contributed by atoms with Gasteiger partial charge in [0.05, 0.1) is 6.61 Å². The Morgan fingerprint density at radius 1 is 1.07 bits per heavy atom. The first kappa shape index (κ1) is 19.7. The summed E-state index contributed by atoms with van der Waals surface area (Å²) in [5.74, 6) is 1.14. The SMILES string of the molecule is CCOc1cc(-c2cc(C)[nH]c(=O)c2C#N)c(Br)cc1OCc1ccccc1. The number of ether oxygens (including phenoxy) is 2. The Kier molecular flexibility index (Phi) is 6.17. The minimum atomic E-state index is -0.410. The number of aromatic nitrogens is 1. The summed E-state index contributed by atoms with van der Waals surface area (Å²) in [5, 5.41) is 9.44. The summed E-state index contributed by atoms with van der Waals surface area (Å²) >= 11 is 3.55. The lowest BCUT2D eigenvalue weighted by Crippen LogP contribution is -2.13. The highest BCUT2D eigenvalue weighted by molar-refractivity contribution is 9.10. The van der Waals surface area contributed by atoms with Crippen molar-refractivity contribution in [2.45, 2.75) is 20.5 Å². The Morgan fingerprint density at radius 2 is 1.79 bits per heavy atom. The number of nitrogens with one attached hydrogen (secondary N) is 1. The molecule has 0 aliphatic rings. The normalized spacial score (nSPS) is 10.4. The van der Waals surface area contributed by atoms with Gasteiger partial charge in [0.15, 0.2) is 11.5 Å². The van der Waals surface area contributed by atoms with Gasteiger partial charge in [0.25, 0.3) is 5.56 Å². The highest BCUT2D eigenvalue weighted by Crippen LogP contribution is 2.39. The van der Waals surface area contributed by atoms with Crippen LogP contribution in [0.15, 0.2) is 57.8 Å². The van der Waals surface area contributed by atoms with Crippen LogP contribution in [0.2, 0.25) is 0 Å². The third-order valence-corrected chi connectivity index (χ3v) is 4.80. The zero-order valence-electron chi connectivity index (χ0n) is 15.6. The molecule has 0 radical (unpaired) electrons. The Balaban J connectivity index is 2.05. The lowest BCUT2D eigenvalue weighted by atomic mass is 10.0. The van der Waals surface area contributed by atoms with Crippen LogP contribution in [0.4, 0.5) is 0 Å². The molecule has 0 fully saturated rings. The Labute approximate surface area is 171 Å². The average Bonchev–Trinajstić information content (AvgIpc) is 2.68. The van der Waals surface area contributed by atoms with Crippen LogP contribution in [0.25, 0.3) is 11.1 Å². The van der Waals surface area contributed by atoms with Gasteiger partial charge in [0, 0.05) is 21.3 Å². The molecule has 0 aliphatic carbocycles. The zero-order valence-corrected chi connectivity index (χ0v) is 17.2. The fraction of sp³-hybridized carbons (Fsp3) is 0.182. The molecule has 0 saturated carbocycles. The first-order chi connectivity index (χ1) is 13.5. The molecule has 0 atom stereocenters. The van der Waals surface area contributed by atoms with Gasteiger partial charge in [0.1, 0.15) is 18.2 Å². The number of benzene rings is 2. The molecular weight excluding hydrogens is 420 g/mol. The quantitative estimate of drug-likeness (QED) is 0.589. The molecule has 28 heavy (non-hydrogen) atoms. The van der Waals surface area contributed by atoms with E-state index in [1.165, 1.54) is 0 Å². The fourth-order valence-corrected chi connectivity index (χ4v) is 3.41. The highest BCUT2D eigenvalue weighted by atomic mass is 79.9. The third kappa shape index (κ3) is 4.26. The van der Waals surface area contributed by atoms with Gasteiger partial charge < -0.3 is 14.5 Å². The van der Waals surface area contributed by atoms with E-state index in [0.717, 1.165) is 5.56 Å². The summed E-state index contributed by atoms with van der Waals surface area (Å²) < 4.78 is 12.4. The third-order valence-electron chi connectivity index (χ3n) is 4.14. The van der Waals surface area contributed by atoms with Crippen molar-refractivity contribution in [1.82, 2.24) is 4.98 Å². The van der Waals surface area contributed by atoms with Gasteiger partial charge in [-0.15, -0.1) is 0 Å². The van der Waals surface area contributed by atoms with Crippen molar-refractivity contribution in [3.05, 3.63) is 80.2 Å². The molecule has 3 rings (SSSR count). The summed E-state index contributed by atoms with van der Waals surface area (Å²) in [6.07, 6.45) is 0. The van der Waals surface area contributed by atoms with Crippen molar-refractivity contribution < 1.29 is 9.47 Å². The number of rotatable bonds is 6. The maximum atomic E-state index is 12.2. The predicted octanol–water partition coefficient (Wildman–Crippen LogP) is 4.96. The standard InChI is InChI=1S/C22H19BrN2O3/c1-3-27-20-10-17(16-9-14(2)25-22(26)18(16)12-24)19(23)11-21(20)28-13-15-7-5-4-6-8-15/h4-11H,3,13H2,1-2H3,(H,25,26). The van der Waals surface area contributed by atoms with Crippen molar-refractivity contribution in [3.8, 4) is 28.7 Å². The molecule has 6 heteroatoms. The van der Waals surface area contributed by atoms with Crippen molar-refractivity contribution in [2.24, 2.45) is 0 Å². The number of aryl methyl sites for hydroxylation is 1. The van der Waals surface area contributed by atoms with Crippen LogP contribution in [0.5, 0.6) is 11.5 Å². The second-order valence-corrected chi connectivity index (χ2v) is 7.02. The summed E-state index contributed by atoms with van der Waals surface area (Å²) in [7, 11) is 0. The van der Waals surface area contributed by atoms with Gasteiger partial charge >= 0.3 is 0 Å². The van der Waals surface area contributed by atoms with Crippen LogP contribution in [0, 0.1) is 18.3 Å². The highest BCUT2D eigenvalue weighted by Gasteiger charge is 2.17. The van der Waals surface area contributed by atoms with Crippen LogP contribution in [0.3, 0.4) is 0 Å². The summed E-state index contributed by atoms with van der Waals surface area (Å²) in [5.41, 5.74) is 2.61. The number of pyridine rings is 1. The molecule has 0 bridgehead atoms. The summed E-state index contributed by atoms with van der Waals surface area (Å²) in [6.45, 7) is 4.53. The Bertz CT molecular complexity index is 1090. The first-order valence-corrected chi connectivity index (χ1v) is 9.60. The number of hydrogen-bond donors (Lipinski definition) is 1.